The van der Waals surface area contributed by atoms with Gasteiger partial charge >= 0.3 is 16.5 Å². The van der Waals surface area contributed by atoms with Crippen molar-refractivity contribution < 1.29 is 16.5 Å². The molecular weight excluding hydrogens is 239 g/mol. The zero-order valence-corrected chi connectivity index (χ0v) is 11.3. The molecule has 0 saturated heterocycles. The Bertz CT molecular complexity index is 151. The first-order valence-corrected chi connectivity index (χ1v) is 6.12. The Kier molecular flexibility index (Phi) is 19.4. The molecule has 0 fully saturated rings. The van der Waals surface area contributed by atoms with E-state index in [2.05, 4.69) is 19.9 Å². The molecule has 0 spiro atoms. The molecule has 16 heavy (non-hydrogen) atoms. The van der Waals surface area contributed by atoms with E-state index in [-0.39, 0.29) is 16.5 Å². The molecule has 0 atom stereocenters. The summed E-state index contributed by atoms with van der Waals surface area (Å²) in [7, 11) is 0. The van der Waals surface area contributed by atoms with Gasteiger partial charge in [0.15, 0.2) is 0 Å². The molecule has 1 rings (SSSR count). The van der Waals surface area contributed by atoms with Crippen molar-refractivity contribution in [2.45, 2.75) is 51.9 Å². The average molecular weight is 263 g/mol. The standard InChI is InChI=1S/C9H19.C6H5.Ni/c1-3-5-7-9-8-6-4-2;1-2-4-6-5-3-1;/h1,3-9H2,2H3;1-5H;/q2*-1;+2. The molecule has 0 bridgehead atoms. The van der Waals surface area contributed by atoms with Gasteiger partial charge in [0.25, 0.3) is 0 Å². The molecule has 0 amide bonds. The number of hydrogen-bond acceptors (Lipinski definition) is 0. The minimum Gasteiger partial charge on any atom is -0.343 e. The Hall–Kier alpha value is -0.286. The Morgan fingerprint density at radius 3 is 1.81 bits per heavy atom. The third-order valence-corrected chi connectivity index (χ3v) is 2.21. The average Bonchev–Trinajstić information content (AvgIpc) is 2.32. The maximum Gasteiger partial charge on any atom is 2.00 e. The molecule has 1 aromatic rings. The second-order valence-corrected chi connectivity index (χ2v) is 3.70. The Balaban J connectivity index is 0. The fourth-order valence-electron chi connectivity index (χ4n) is 1.30. The van der Waals surface area contributed by atoms with Crippen LogP contribution in [0, 0.1) is 13.0 Å². The summed E-state index contributed by atoms with van der Waals surface area (Å²) in [6, 6.07) is 12.5. The molecule has 0 aliphatic rings. The van der Waals surface area contributed by atoms with E-state index in [1.54, 1.807) is 0 Å². The van der Waals surface area contributed by atoms with Gasteiger partial charge in [0.05, 0.1) is 0 Å². The number of benzene rings is 1. The largest absolute Gasteiger partial charge is 2.00 e. The number of unbranched alkanes of at least 4 members (excludes halogenated alkanes) is 6. The van der Waals surface area contributed by atoms with Crippen LogP contribution >= 0.6 is 0 Å². The maximum absolute atomic E-state index is 3.80. The molecule has 94 valence electrons. The van der Waals surface area contributed by atoms with Crippen molar-refractivity contribution in [3.05, 3.63) is 43.3 Å². The van der Waals surface area contributed by atoms with Gasteiger partial charge in [-0.3, -0.25) is 0 Å². The SMILES string of the molecule is [CH2-]CCCCCCCC.[Ni+2].[c-]1ccccc1. The van der Waals surface area contributed by atoms with E-state index in [0.717, 1.165) is 6.42 Å². The van der Waals surface area contributed by atoms with Crippen LogP contribution in [0.25, 0.3) is 0 Å². The van der Waals surface area contributed by atoms with Crippen LogP contribution in [-0.4, -0.2) is 0 Å². The quantitative estimate of drug-likeness (QED) is 0.382. The minimum absolute atomic E-state index is 0. The van der Waals surface area contributed by atoms with Gasteiger partial charge in [0.1, 0.15) is 0 Å². The monoisotopic (exact) mass is 262 g/mol. The summed E-state index contributed by atoms with van der Waals surface area (Å²) in [6.07, 6.45) is 9.45. The van der Waals surface area contributed by atoms with Crippen LogP contribution < -0.4 is 0 Å². The summed E-state index contributed by atoms with van der Waals surface area (Å²) < 4.78 is 0. The Labute approximate surface area is 112 Å². The Morgan fingerprint density at radius 2 is 1.44 bits per heavy atom. The third-order valence-electron chi connectivity index (χ3n) is 2.21. The van der Waals surface area contributed by atoms with Crippen molar-refractivity contribution in [2.24, 2.45) is 0 Å². The predicted molar refractivity (Wildman–Crippen MR) is 68.6 cm³/mol. The van der Waals surface area contributed by atoms with Crippen LogP contribution in [-0.2, 0) is 16.5 Å². The first-order chi connectivity index (χ1) is 7.41. The summed E-state index contributed by atoms with van der Waals surface area (Å²) in [5, 5.41) is 0. The molecule has 0 N–H and O–H groups in total. The van der Waals surface area contributed by atoms with E-state index >= 15 is 0 Å². The van der Waals surface area contributed by atoms with E-state index in [9.17, 15) is 0 Å². The van der Waals surface area contributed by atoms with E-state index in [1.807, 2.05) is 30.3 Å². The molecule has 0 nitrogen and oxygen atoms in total. The van der Waals surface area contributed by atoms with Crippen LogP contribution in [0.4, 0.5) is 0 Å². The molecule has 0 aliphatic heterocycles. The van der Waals surface area contributed by atoms with Crippen molar-refractivity contribution in [1.29, 1.82) is 0 Å². The normalized spacial score (nSPS) is 8.62. The molecule has 1 heteroatoms. The van der Waals surface area contributed by atoms with Gasteiger partial charge in [0.2, 0.25) is 0 Å². The molecular formula is C15H24Ni. The molecule has 0 heterocycles. The molecule has 0 aliphatic carbocycles. The van der Waals surface area contributed by atoms with Crippen LogP contribution in [0.5, 0.6) is 0 Å². The van der Waals surface area contributed by atoms with E-state index in [1.165, 1.54) is 38.5 Å². The van der Waals surface area contributed by atoms with Gasteiger partial charge in [-0.1, -0.05) is 45.4 Å². The van der Waals surface area contributed by atoms with Crippen LogP contribution in [0.1, 0.15) is 51.9 Å². The third kappa shape index (κ3) is 16.2. The molecule has 0 aromatic heterocycles. The van der Waals surface area contributed by atoms with E-state index < -0.39 is 0 Å². The van der Waals surface area contributed by atoms with Gasteiger partial charge in [-0.2, -0.15) is 42.8 Å². The molecule has 0 radical (unpaired) electrons. The van der Waals surface area contributed by atoms with Crippen molar-refractivity contribution in [2.75, 3.05) is 0 Å². The van der Waals surface area contributed by atoms with Gasteiger partial charge in [0, 0.05) is 0 Å². The fraction of sp³-hybridized carbons (Fsp3) is 0.533. The smallest absolute Gasteiger partial charge is 0.343 e. The number of rotatable bonds is 6. The summed E-state index contributed by atoms with van der Waals surface area (Å²) in [5.74, 6) is 0. The van der Waals surface area contributed by atoms with Crippen molar-refractivity contribution in [1.82, 2.24) is 0 Å². The second-order valence-electron chi connectivity index (χ2n) is 3.70. The van der Waals surface area contributed by atoms with Gasteiger partial charge in [-0.15, -0.1) is 0 Å². The fourth-order valence-corrected chi connectivity index (χ4v) is 1.30. The van der Waals surface area contributed by atoms with Crippen molar-refractivity contribution in [3.8, 4) is 0 Å². The van der Waals surface area contributed by atoms with Gasteiger partial charge < -0.3 is 6.92 Å². The number of hydrogen-bond donors (Lipinski definition) is 0. The topological polar surface area (TPSA) is 0 Å². The zero-order valence-electron chi connectivity index (χ0n) is 10.4. The van der Waals surface area contributed by atoms with E-state index in [4.69, 9.17) is 0 Å². The molecule has 0 unspecified atom stereocenters. The van der Waals surface area contributed by atoms with Crippen molar-refractivity contribution >= 4 is 0 Å². The van der Waals surface area contributed by atoms with Gasteiger partial charge in [-0.05, 0) is 0 Å². The van der Waals surface area contributed by atoms with Crippen LogP contribution in [0.15, 0.2) is 30.3 Å². The second kappa shape index (κ2) is 17.1. The first-order valence-electron chi connectivity index (χ1n) is 6.12. The summed E-state index contributed by atoms with van der Waals surface area (Å²) in [5.41, 5.74) is 0. The Morgan fingerprint density at radius 1 is 0.875 bits per heavy atom. The summed E-state index contributed by atoms with van der Waals surface area (Å²) >= 11 is 0. The molecule has 0 saturated carbocycles. The van der Waals surface area contributed by atoms with Gasteiger partial charge in [-0.25, -0.2) is 0 Å². The summed E-state index contributed by atoms with van der Waals surface area (Å²) in [6.45, 7) is 6.05. The zero-order chi connectivity index (χ0) is 11.2. The summed E-state index contributed by atoms with van der Waals surface area (Å²) in [4.78, 5) is 0. The maximum atomic E-state index is 3.80. The minimum atomic E-state index is 0. The first kappa shape index (κ1) is 18.1. The predicted octanol–water partition coefficient (Wildman–Crippen LogP) is 5.06. The van der Waals surface area contributed by atoms with Crippen molar-refractivity contribution in [3.63, 3.8) is 0 Å². The van der Waals surface area contributed by atoms with Crippen LogP contribution in [0.3, 0.4) is 0 Å². The molecule has 1 aromatic carbocycles. The van der Waals surface area contributed by atoms with Crippen LogP contribution in [0.2, 0.25) is 0 Å². The van der Waals surface area contributed by atoms with E-state index in [0.29, 0.717) is 0 Å².